The minimum absolute atomic E-state index is 0.566. The summed E-state index contributed by atoms with van der Waals surface area (Å²) in [6.07, 6.45) is 5.24. The molecule has 5 nitrogen and oxygen atoms in total. The molecule has 1 aromatic carbocycles. The number of nitrogens with zero attached hydrogens (tertiary/aromatic N) is 4. The second kappa shape index (κ2) is 6.73. The highest BCUT2D eigenvalue weighted by molar-refractivity contribution is 5.59. The van der Waals surface area contributed by atoms with E-state index >= 15 is 0 Å². The van der Waals surface area contributed by atoms with Gasteiger partial charge < -0.3 is 10.2 Å². The van der Waals surface area contributed by atoms with Crippen molar-refractivity contribution in [2.24, 2.45) is 5.92 Å². The first-order valence-corrected chi connectivity index (χ1v) is 8.06. The third-order valence-corrected chi connectivity index (χ3v) is 4.17. The van der Waals surface area contributed by atoms with Gasteiger partial charge >= 0.3 is 0 Å². The number of benzene rings is 1. The van der Waals surface area contributed by atoms with E-state index in [1.54, 1.807) is 6.20 Å². The van der Waals surface area contributed by atoms with Crippen molar-refractivity contribution >= 4 is 17.5 Å². The molecule has 1 unspecified atom stereocenters. The smallest absolute Gasteiger partial charge is 0.249 e. The van der Waals surface area contributed by atoms with Crippen LogP contribution in [0, 0.1) is 5.92 Å². The Hall–Kier alpha value is -2.17. The van der Waals surface area contributed by atoms with Gasteiger partial charge in [-0.25, -0.2) is 0 Å². The molecule has 116 valence electrons. The molecular formula is C17H23N5. The van der Waals surface area contributed by atoms with Crippen LogP contribution in [0.4, 0.5) is 17.5 Å². The SMILES string of the molecule is CCc1ccccc1Nc1nncc(N2CCCC(C)C2)n1. The zero-order valence-corrected chi connectivity index (χ0v) is 13.3. The third-order valence-electron chi connectivity index (χ3n) is 4.17. The molecule has 5 heteroatoms. The average molecular weight is 297 g/mol. The number of piperidine rings is 1. The first-order chi connectivity index (χ1) is 10.8. The lowest BCUT2D eigenvalue weighted by Crippen LogP contribution is -2.35. The Balaban J connectivity index is 1.79. The lowest BCUT2D eigenvalue weighted by Gasteiger charge is -2.31. The fraction of sp³-hybridized carbons (Fsp3) is 0.471. The summed E-state index contributed by atoms with van der Waals surface area (Å²) in [5.41, 5.74) is 2.30. The van der Waals surface area contributed by atoms with Crippen molar-refractivity contribution in [2.75, 3.05) is 23.3 Å². The molecule has 0 amide bonds. The second-order valence-corrected chi connectivity index (χ2v) is 5.97. The molecule has 22 heavy (non-hydrogen) atoms. The Labute approximate surface area is 131 Å². The van der Waals surface area contributed by atoms with E-state index in [4.69, 9.17) is 0 Å². The van der Waals surface area contributed by atoms with Crippen molar-refractivity contribution in [3.63, 3.8) is 0 Å². The molecule has 1 saturated heterocycles. The highest BCUT2D eigenvalue weighted by atomic mass is 15.3. The van der Waals surface area contributed by atoms with Gasteiger partial charge in [0.1, 0.15) is 0 Å². The standard InChI is InChI=1S/C17H23N5/c1-3-14-8-4-5-9-15(14)19-17-20-16(11-18-21-17)22-10-6-7-13(2)12-22/h4-5,8-9,11,13H,3,6-7,10,12H2,1-2H3,(H,19,20,21). The van der Waals surface area contributed by atoms with E-state index in [0.717, 1.165) is 31.0 Å². The van der Waals surface area contributed by atoms with E-state index in [1.165, 1.54) is 18.4 Å². The monoisotopic (exact) mass is 297 g/mol. The number of anilines is 3. The molecule has 1 fully saturated rings. The van der Waals surface area contributed by atoms with Crippen LogP contribution in [0.15, 0.2) is 30.5 Å². The fourth-order valence-electron chi connectivity index (χ4n) is 2.97. The lowest BCUT2D eigenvalue weighted by molar-refractivity contribution is 0.444. The Kier molecular flexibility index (Phi) is 4.51. The molecule has 2 heterocycles. The van der Waals surface area contributed by atoms with E-state index in [2.05, 4.69) is 57.4 Å². The van der Waals surface area contributed by atoms with E-state index in [1.807, 2.05) is 6.07 Å². The molecule has 1 aromatic heterocycles. The van der Waals surface area contributed by atoms with Crippen molar-refractivity contribution in [1.29, 1.82) is 0 Å². The van der Waals surface area contributed by atoms with Crippen LogP contribution in [0.5, 0.6) is 0 Å². The van der Waals surface area contributed by atoms with Gasteiger partial charge in [-0.3, -0.25) is 0 Å². The maximum Gasteiger partial charge on any atom is 0.249 e. The summed E-state index contributed by atoms with van der Waals surface area (Å²) in [7, 11) is 0. The molecule has 2 aromatic rings. The zero-order chi connectivity index (χ0) is 15.4. The number of aryl methyl sites for hydroxylation is 1. The van der Waals surface area contributed by atoms with Crippen LogP contribution in [0.2, 0.25) is 0 Å². The molecule has 0 spiro atoms. The molecule has 1 aliphatic heterocycles. The van der Waals surface area contributed by atoms with Crippen LogP contribution in [-0.2, 0) is 6.42 Å². The van der Waals surface area contributed by atoms with Crippen LogP contribution in [0.3, 0.4) is 0 Å². The highest BCUT2D eigenvalue weighted by Crippen LogP contribution is 2.23. The Morgan fingerprint density at radius 2 is 2.18 bits per heavy atom. The summed E-state index contributed by atoms with van der Waals surface area (Å²) in [4.78, 5) is 6.95. The van der Waals surface area contributed by atoms with Crippen LogP contribution in [0.25, 0.3) is 0 Å². The van der Waals surface area contributed by atoms with Crippen LogP contribution >= 0.6 is 0 Å². The first kappa shape index (κ1) is 14.8. The van der Waals surface area contributed by atoms with Gasteiger partial charge in [-0.2, -0.15) is 10.1 Å². The molecule has 1 atom stereocenters. The summed E-state index contributed by atoms with van der Waals surface area (Å²) in [6.45, 7) is 6.53. The summed E-state index contributed by atoms with van der Waals surface area (Å²) < 4.78 is 0. The molecule has 1 aliphatic rings. The lowest BCUT2D eigenvalue weighted by atomic mass is 10.0. The predicted molar refractivity (Wildman–Crippen MR) is 89.5 cm³/mol. The quantitative estimate of drug-likeness (QED) is 0.937. The number of para-hydroxylation sites is 1. The first-order valence-electron chi connectivity index (χ1n) is 8.06. The van der Waals surface area contributed by atoms with Crippen molar-refractivity contribution in [1.82, 2.24) is 15.2 Å². The van der Waals surface area contributed by atoms with Crippen molar-refractivity contribution < 1.29 is 0 Å². The second-order valence-electron chi connectivity index (χ2n) is 5.97. The van der Waals surface area contributed by atoms with Gasteiger partial charge in [-0.15, -0.1) is 5.10 Å². The van der Waals surface area contributed by atoms with Crippen LogP contribution in [-0.4, -0.2) is 28.3 Å². The summed E-state index contributed by atoms with van der Waals surface area (Å²) in [5, 5.41) is 11.5. The number of rotatable bonds is 4. The van der Waals surface area contributed by atoms with E-state index in [0.29, 0.717) is 11.9 Å². The van der Waals surface area contributed by atoms with E-state index < -0.39 is 0 Å². The van der Waals surface area contributed by atoms with Gasteiger partial charge in [0.05, 0.1) is 6.20 Å². The number of nitrogens with one attached hydrogen (secondary N) is 1. The van der Waals surface area contributed by atoms with Gasteiger partial charge in [0.15, 0.2) is 5.82 Å². The number of hydrogen-bond acceptors (Lipinski definition) is 5. The topological polar surface area (TPSA) is 53.9 Å². The number of hydrogen-bond donors (Lipinski definition) is 1. The Morgan fingerprint density at radius 1 is 1.32 bits per heavy atom. The summed E-state index contributed by atoms with van der Waals surface area (Å²) >= 11 is 0. The van der Waals surface area contributed by atoms with E-state index in [9.17, 15) is 0 Å². The molecule has 0 saturated carbocycles. The van der Waals surface area contributed by atoms with Gasteiger partial charge in [0, 0.05) is 18.8 Å². The van der Waals surface area contributed by atoms with Crippen LogP contribution < -0.4 is 10.2 Å². The largest absolute Gasteiger partial charge is 0.355 e. The van der Waals surface area contributed by atoms with Gasteiger partial charge in [0.2, 0.25) is 5.95 Å². The molecular weight excluding hydrogens is 274 g/mol. The van der Waals surface area contributed by atoms with Gasteiger partial charge in [0.25, 0.3) is 0 Å². The Bertz CT molecular complexity index is 628. The molecule has 0 radical (unpaired) electrons. The average Bonchev–Trinajstić information content (AvgIpc) is 2.56. The van der Waals surface area contributed by atoms with Crippen LogP contribution in [0.1, 0.15) is 32.3 Å². The molecule has 0 aliphatic carbocycles. The van der Waals surface area contributed by atoms with E-state index in [-0.39, 0.29) is 0 Å². The third kappa shape index (κ3) is 3.35. The molecule has 3 rings (SSSR count). The fourth-order valence-corrected chi connectivity index (χ4v) is 2.97. The van der Waals surface area contributed by atoms with Crippen molar-refractivity contribution in [3.05, 3.63) is 36.0 Å². The zero-order valence-electron chi connectivity index (χ0n) is 13.3. The predicted octanol–water partition coefficient (Wildman–Crippen LogP) is 3.41. The molecule has 1 N–H and O–H groups in total. The molecule has 0 bridgehead atoms. The maximum atomic E-state index is 4.64. The maximum absolute atomic E-state index is 4.64. The highest BCUT2D eigenvalue weighted by Gasteiger charge is 2.18. The number of aromatic nitrogens is 3. The Morgan fingerprint density at radius 3 is 3.00 bits per heavy atom. The van der Waals surface area contributed by atoms with Gasteiger partial charge in [-0.05, 0) is 36.8 Å². The normalized spacial score (nSPS) is 18.3. The van der Waals surface area contributed by atoms with Gasteiger partial charge in [-0.1, -0.05) is 32.0 Å². The van der Waals surface area contributed by atoms with Crippen molar-refractivity contribution in [2.45, 2.75) is 33.1 Å². The minimum Gasteiger partial charge on any atom is -0.355 e. The summed E-state index contributed by atoms with van der Waals surface area (Å²) in [6, 6.07) is 8.24. The minimum atomic E-state index is 0.566. The summed E-state index contributed by atoms with van der Waals surface area (Å²) in [5.74, 6) is 2.19. The van der Waals surface area contributed by atoms with Crippen molar-refractivity contribution in [3.8, 4) is 0 Å².